The van der Waals surface area contributed by atoms with Crippen LogP contribution < -0.4 is 4.74 Å². The van der Waals surface area contributed by atoms with Gasteiger partial charge in [-0.2, -0.15) is 13.2 Å². The molecule has 0 spiro atoms. The third kappa shape index (κ3) is 3.67. The lowest BCUT2D eigenvalue weighted by atomic mass is 9.83. The number of ether oxygens (including phenoxy) is 2. The molecule has 1 aromatic rings. The van der Waals surface area contributed by atoms with E-state index in [-0.39, 0.29) is 17.8 Å². The number of hydrogen-bond donors (Lipinski definition) is 0. The molecule has 2 nitrogen and oxygen atoms in total. The molecular weight excluding hydrogens is 337 g/mol. The lowest BCUT2D eigenvalue weighted by Crippen LogP contribution is -2.36. The summed E-state index contributed by atoms with van der Waals surface area (Å²) >= 11 is 3.44. The van der Waals surface area contributed by atoms with Crippen molar-refractivity contribution in [1.29, 1.82) is 0 Å². The molecule has 0 amide bonds. The van der Waals surface area contributed by atoms with Gasteiger partial charge in [0, 0.05) is 24.0 Å². The van der Waals surface area contributed by atoms with Crippen LogP contribution in [0.4, 0.5) is 13.2 Å². The van der Waals surface area contributed by atoms with Crippen LogP contribution in [0.1, 0.15) is 18.4 Å². The average molecular weight is 353 g/mol. The van der Waals surface area contributed by atoms with Gasteiger partial charge in [-0.15, -0.1) is 0 Å². The molecule has 1 aliphatic heterocycles. The van der Waals surface area contributed by atoms with E-state index in [0.717, 1.165) is 18.9 Å². The van der Waals surface area contributed by atoms with Crippen LogP contribution >= 0.6 is 15.9 Å². The Labute approximate surface area is 124 Å². The highest BCUT2D eigenvalue weighted by molar-refractivity contribution is 9.09. The zero-order chi connectivity index (χ0) is 14.6. The Kier molecular flexibility index (Phi) is 4.96. The second kappa shape index (κ2) is 6.35. The predicted octanol–water partition coefficient (Wildman–Crippen LogP) is 4.28. The molecule has 0 radical (unpaired) electrons. The maximum absolute atomic E-state index is 12.9. The van der Waals surface area contributed by atoms with Crippen LogP contribution in [0.25, 0.3) is 0 Å². The van der Waals surface area contributed by atoms with Crippen molar-refractivity contribution in [3.63, 3.8) is 0 Å². The number of rotatable bonds is 4. The van der Waals surface area contributed by atoms with Crippen LogP contribution in [-0.4, -0.2) is 25.2 Å². The molecule has 0 atom stereocenters. The molecule has 0 bridgehead atoms. The van der Waals surface area contributed by atoms with E-state index in [1.807, 2.05) is 0 Å². The molecule has 112 valence electrons. The van der Waals surface area contributed by atoms with Crippen molar-refractivity contribution in [2.45, 2.75) is 19.0 Å². The summed E-state index contributed by atoms with van der Waals surface area (Å²) in [6.45, 7) is 1.50. The first kappa shape index (κ1) is 15.6. The minimum Gasteiger partial charge on any atom is -0.492 e. The Morgan fingerprint density at radius 1 is 1.20 bits per heavy atom. The number of benzene rings is 1. The van der Waals surface area contributed by atoms with Crippen molar-refractivity contribution in [1.82, 2.24) is 0 Å². The van der Waals surface area contributed by atoms with Crippen molar-refractivity contribution in [3.8, 4) is 5.75 Å². The fourth-order valence-electron chi connectivity index (χ4n) is 2.18. The highest BCUT2D eigenvalue weighted by Gasteiger charge is 2.36. The van der Waals surface area contributed by atoms with Gasteiger partial charge in [-0.25, -0.2) is 0 Å². The molecule has 0 saturated carbocycles. The lowest BCUT2D eigenvalue weighted by molar-refractivity contribution is -0.139. The topological polar surface area (TPSA) is 18.5 Å². The second-order valence-electron chi connectivity index (χ2n) is 5.03. The van der Waals surface area contributed by atoms with Gasteiger partial charge in [-0.05, 0) is 25.0 Å². The van der Waals surface area contributed by atoms with Crippen molar-refractivity contribution in [2.24, 2.45) is 5.41 Å². The van der Waals surface area contributed by atoms with E-state index in [4.69, 9.17) is 9.47 Å². The Hall–Kier alpha value is -0.750. The first-order valence-electron chi connectivity index (χ1n) is 6.40. The summed E-state index contributed by atoms with van der Waals surface area (Å²) in [7, 11) is 0. The van der Waals surface area contributed by atoms with E-state index < -0.39 is 11.7 Å². The molecule has 1 aromatic carbocycles. The SMILES string of the molecule is FC(F)(F)c1ccccc1OCC1(CBr)CCOCC1. The highest BCUT2D eigenvalue weighted by Crippen LogP contribution is 2.38. The molecule has 1 saturated heterocycles. The molecule has 0 aromatic heterocycles. The maximum atomic E-state index is 12.9. The summed E-state index contributed by atoms with van der Waals surface area (Å²) in [5.74, 6) is -0.105. The summed E-state index contributed by atoms with van der Waals surface area (Å²) < 4.78 is 49.4. The molecule has 0 N–H and O–H groups in total. The van der Waals surface area contributed by atoms with Crippen LogP contribution in [0.15, 0.2) is 24.3 Å². The minimum atomic E-state index is -4.40. The van der Waals surface area contributed by atoms with Crippen molar-refractivity contribution in [2.75, 3.05) is 25.2 Å². The summed E-state index contributed by atoms with van der Waals surface area (Å²) in [6.07, 6.45) is -2.83. The van der Waals surface area contributed by atoms with Gasteiger partial charge in [0.05, 0.1) is 12.2 Å². The molecule has 1 heterocycles. The van der Waals surface area contributed by atoms with Gasteiger partial charge in [0.1, 0.15) is 5.75 Å². The van der Waals surface area contributed by atoms with Crippen LogP contribution in [0.3, 0.4) is 0 Å². The van der Waals surface area contributed by atoms with Gasteiger partial charge >= 0.3 is 6.18 Å². The molecule has 1 aliphatic rings. The molecule has 20 heavy (non-hydrogen) atoms. The fourth-order valence-corrected chi connectivity index (χ4v) is 2.90. The highest BCUT2D eigenvalue weighted by atomic mass is 79.9. The van der Waals surface area contributed by atoms with E-state index in [0.29, 0.717) is 18.5 Å². The van der Waals surface area contributed by atoms with Crippen LogP contribution in [0.5, 0.6) is 5.75 Å². The maximum Gasteiger partial charge on any atom is 0.419 e. The smallest absolute Gasteiger partial charge is 0.419 e. The third-order valence-corrected chi connectivity index (χ3v) is 4.75. The van der Waals surface area contributed by atoms with E-state index >= 15 is 0 Å². The van der Waals surface area contributed by atoms with E-state index in [2.05, 4.69) is 15.9 Å². The third-order valence-electron chi connectivity index (χ3n) is 3.56. The van der Waals surface area contributed by atoms with Gasteiger partial charge in [0.25, 0.3) is 0 Å². The standard InChI is InChI=1S/C14H16BrF3O2/c15-9-13(5-7-19-8-6-13)10-20-12-4-2-1-3-11(12)14(16,17)18/h1-4H,5-10H2. The predicted molar refractivity (Wildman–Crippen MR) is 73.2 cm³/mol. The van der Waals surface area contributed by atoms with Crippen LogP contribution in [0, 0.1) is 5.41 Å². The van der Waals surface area contributed by atoms with Crippen molar-refractivity contribution < 1.29 is 22.6 Å². The summed E-state index contributed by atoms with van der Waals surface area (Å²) in [5.41, 5.74) is -0.881. The minimum absolute atomic E-state index is 0.105. The van der Waals surface area contributed by atoms with Crippen LogP contribution in [0.2, 0.25) is 0 Å². The summed E-state index contributed by atoms with van der Waals surface area (Å²) in [5, 5.41) is 0.692. The number of hydrogen-bond acceptors (Lipinski definition) is 2. The van der Waals surface area contributed by atoms with Crippen molar-refractivity contribution >= 4 is 15.9 Å². The van der Waals surface area contributed by atoms with E-state index in [1.165, 1.54) is 12.1 Å². The molecule has 0 aliphatic carbocycles. The molecular formula is C14H16BrF3O2. The number of halogens is 4. The molecule has 0 unspecified atom stereocenters. The summed E-state index contributed by atoms with van der Waals surface area (Å²) in [6, 6.07) is 5.32. The Balaban J connectivity index is 2.10. The first-order chi connectivity index (χ1) is 9.47. The van der Waals surface area contributed by atoms with Gasteiger partial charge in [0.15, 0.2) is 0 Å². The number of para-hydroxylation sites is 1. The monoisotopic (exact) mass is 352 g/mol. The normalized spacial score (nSPS) is 18.8. The van der Waals surface area contributed by atoms with Crippen molar-refractivity contribution in [3.05, 3.63) is 29.8 Å². The van der Waals surface area contributed by atoms with Crippen LogP contribution in [-0.2, 0) is 10.9 Å². The summed E-state index contributed by atoms with van der Waals surface area (Å²) in [4.78, 5) is 0. The van der Waals surface area contributed by atoms with E-state index in [9.17, 15) is 13.2 Å². The lowest BCUT2D eigenvalue weighted by Gasteiger charge is -2.35. The van der Waals surface area contributed by atoms with E-state index in [1.54, 1.807) is 6.07 Å². The Morgan fingerprint density at radius 2 is 1.85 bits per heavy atom. The molecule has 6 heteroatoms. The molecule has 2 rings (SSSR count). The zero-order valence-corrected chi connectivity index (χ0v) is 12.5. The zero-order valence-electron chi connectivity index (χ0n) is 10.9. The second-order valence-corrected chi connectivity index (χ2v) is 5.59. The van der Waals surface area contributed by atoms with Gasteiger partial charge in [-0.3, -0.25) is 0 Å². The first-order valence-corrected chi connectivity index (χ1v) is 7.52. The number of alkyl halides is 4. The fraction of sp³-hybridized carbons (Fsp3) is 0.571. The quantitative estimate of drug-likeness (QED) is 0.753. The van der Waals surface area contributed by atoms with Gasteiger partial charge in [0.2, 0.25) is 0 Å². The Morgan fingerprint density at radius 3 is 2.45 bits per heavy atom. The average Bonchev–Trinajstić information content (AvgIpc) is 2.45. The Bertz CT molecular complexity index is 442. The molecule has 1 fully saturated rings. The largest absolute Gasteiger partial charge is 0.492 e. The van der Waals surface area contributed by atoms with Gasteiger partial charge in [-0.1, -0.05) is 28.1 Å². The van der Waals surface area contributed by atoms with Gasteiger partial charge < -0.3 is 9.47 Å².